The van der Waals surface area contributed by atoms with E-state index in [1.807, 2.05) is 23.1 Å². The molecular weight excluding hydrogens is 340 g/mol. The van der Waals surface area contributed by atoms with Crippen LogP contribution >= 0.6 is 0 Å². The molecule has 2 aromatic rings. The number of nitrogens with zero attached hydrogens (tertiary/aromatic N) is 2. The van der Waals surface area contributed by atoms with Crippen molar-refractivity contribution in [3.05, 3.63) is 66.0 Å². The molecule has 1 aliphatic heterocycles. The number of carbonyl (C=O) groups excluding carboxylic acids is 2. The summed E-state index contributed by atoms with van der Waals surface area (Å²) in [7, 11) is 0. The number of rotatable bonds is 6. The van der Waals surface area contributed by atoms with Gasteiger partial charge in [0.1, 0.15) is 0 Å². The van der Waals surface area contributed by atoms with Gasteiger partial charge in [-0.05, 0) is 42.9 Å². The van der Waals surface area contributed by atoms with E-state index in [0.29, 0.717) is 25.2 Å². The van der Waals surface area contributed by atoms with E-state index in [4.69, 9.17) is 0 Å². The van der Waals surface area contributed by atoms with Gasteiger partial charge in [-0.2, -0.15) is 0 Å². The molecule has 142 valence electrons. The molecule has 1 aliphatic rings. The molecule has 3 amide bonds. The molecule has 3 rings (SSSR count). The highest BCUT2D eigenvalue weighted by atomic mass is 16.2. The van der Waals surface area contributed by atoms with Gasteiger partial charge in [-0.25, -0.2) is 4.79 Å². The van der Waals surface area contributed by atoms with Gasteiger partial charge in [0.05, 0.1) is 5.56 Å². The van der Waals surface area contributed by atoms with Crippen molar-refractivity contribution in [1.29, 1.82) is 0 Å². The zero-order valence-electron chi connectivity index (χ0n) is 15.4. The van der Waals surface area contributed by atoms with Crippen LogP contribution in [-0.4, -0.2) is 48.0 Å². The quantitative estimate of drug-likeness (QED) is 0.825. The Hall–Kier alpha value is -2.89. The fourth-order valence-electron chi connectivity index (χ4n) is 3.32. The van der Waals surface area contributed by atoms with Gasteiger partial charge in [0.2, 0.25) is 0 Å². The Kier molecular flexibility index (Phi) is 6.79. The molecule has 6 nitrogen and oxygen atoms in total. The average Bonchev–Trinajstić information content (AvgIpc) is 2.73. The lowest BCUT2D eigenvalue weighted by molar-refractivity contribution is 0.0937. The normalized spacial score (nSPS) is 16.6. The van der Waals surface area contributed by atoms with Gasteiger partial charge in [-0.3, -0.25) is 9.78 Å². The van der Waals surface area contributed by atoms with Crippen LogP contribution in [-0.2, 0) is 6.42 Å². The summed E-state index contributed by atoms with van der Waals surface area (Å²) in [6, 6.07) is 13.6. The summed E-state index contributed by atoms with van der Waals surface area (Å²) < 4.78 is 0. The third-order valence-electron chi connectivity index (χ3n) is 4.81. The van der Waals surface area contributed by atoms with E-state index >= 15 is 0 Å². The number of urea groups is 1. The number of pyridine rings is 1. The predicted octanol–water partition coefficient (Wildman–Crippen LogP) is 2.48. The molecular formula is C21H26N4O2. The highest BCUT2D eigenvalue weighted by molar-refractivity contribution is 5.93. The van der Waals surface area contributed by atoms with Gasteiger partial charge in [-0.15, -0.1) is 0 Å². The Morgan fingerprint density at radius 2 is 1.96 bits per heavy atom. The highest BCUT2D eigenvalue weighted by Gasteiger charge is 2.23. The first-order valence-electron chi connectivity index (χ1n) is 9.47. The molecule has 0 saturated carbocycles. The van der Waals surface area contributed by atoms with Gasteiger partial charge in [0.15, 0.2) is 0 Å². The standard InChI is InChI=1S/C21H26N4O2/c26-20(19-9-4-11-22-15-19)24-14-18-8-5-13-25(16-18)21(27)23-12-10-17-6-2-1-3-7-17/h1-4,6-7,9,11,15,18H,5,8,10,12-14,16H2,(H,23,27)(H,24,26). The number of benzene rings is 1. The predicted molar refractivity (Wildman–Crippen MR) is 104 cm³/mol. The van der Waals surface area contributed by atoms with Gasteiger partial charge in [-0.1, -0.05) is 30.3 Å². The molecule has 1 atom stereocenters. The summed E-state index contributed by atoms with van der Waals surface area (Å²) in [5.74, 6) is 0.159. The van der Waals surface area contributed by atoms with Gasteiger partial charge in [0, 0.05) is 38.6 Å². The van der Waals surface area contributed by atoms with Crippen LogP contribution in [0.3, 0.4) is 0 Å². The molecule has 1 fully saturated rings. The number of hydrogen-bond donors (Lipinski definition) is 2. The second kappa shape index (κ2) is 9.71. The largest absolute Gasteiger partial charge is 0.352 e. The lowest BCUT2D eigenvalue weighted by Crippen LogP contribution is -2.48. The van der Waals surface area contributed by atoms with Gasteiger partial charge < -0.3 is 15.5 Å². The van der Waals surface area contributed by atoms with Crippen molar-refractivity contribution < 1.29 is 9.59 Å². The van der Waals surface area contributed by atoms with E-state index in [9.17, 15) is 9.59 Å². The number of hydrogen-bond acceptors (Lipinski definition) is 3. The molecule has 27 heavy (non-hydrogen) atoms. The maximum atomic E-state index is 12.4. The van der Waals surface area contributed by atoms with Crippen molar-refractivity contribution in [2.45, 2.75) is 19.3 Å². The van der Waals surface area contributed by atoms with Crippen LogP contribution in [0.4, 0.5) is 4.79 Å². The van der Waals surface area contributed by atoms with Crippen LogP contribution < -0.4 is 10.6 Å². The fraction of sp³-hybridized carbons (Fsp3) is 0.381. The van der Waals surface area contributed by atoms with E-state index < -0.39 is 0 Å². The first kappa shape index (κ1) is 18.9. The third kappa shape index (κ3) is 5.81. The van der Waals surface area contributed by atoms with Crippen LogP contribution in [0.2, 0.25) is 0 Å². The van der Waals surface area contributed by atoms with Crippen molar-refractivity contribution >= 4 is 11.9 Å². The Balaban J connectivity index is 1.40. The lowest BCUT2D eigenvalue weighted by atomic mass is 9.98. The summed E-state index contributed by atoms with van der Waals surface area (Å²) in [6.07, 6.45) is 6.00. The molecule has 1 aromatic heterocycles. The molecule has 0 aliphatic carbocycles. The van der Waals surface area contributed by atoms with E-state index in [-0.39, 0.29) is 17.9 Å². The zero-order valence-corrected chi connectivity index (χ0v) is 15.4. The topological polar surface area (TPSA) is 74.3 Å². The van der Waals surface area contributed by atoms with Crippen LogP contribution in [0.15, 0.2) is 54.9 Å². The minimum atomic E-state index is -0.118. The van der Waals surface area contributed by atoms with Crippen molar-refractivity contribution in [3.63, 3.8) is 0 Å². The first-order chi connectivity index (χ1) is 13.2. The third-order valence-corrected chi connectivity index (χ3v) is 4.81. The van der Waals surface area contributed by atoms with Crippen LogP contribution in [0.5, 0.6) is 0 Å². The number of likely N-dealkylation sites (tertiary alicyclic amines) is 1. The molecule has 1 aromatic carbocycles. The summed E-state index contributed by atoms with van der Waals surface area (Å²) in [6.45, 7) is 2.64. The molecule has 1 unspecified atom stereocenters. The number of aromatic nitrogens is 1. The summed E-state index contributed by atoms with van der Waals surface area (Å²) >= 11 is 0. The van der Waals surface area contributed by atoms with Crippen LogP contribution in [0, 0.1) is 5.92 Å². The number of nitrogens with one attached hydrogen (secondary N) is 2. The molecule has 0 radical (unpaired) electrons. The fourth-order valence-corrected chi connectivity index (χ4v) is 3.32. The summed E-state index contributed by atoms with van der Waals surface area (Å²) in [4.78, 5) is 30.4. The molecule has 0 spiro atoms. The number of piperidine rings is 1. The Morgan fingerprint density at radius 1 is 1.11 bits per heavy atom. The molecule has 1 saturated heterocycles. The Labute approximate surface area is 160 Å². The maximum Gasteiger partial charge on any atom is 0.317 e. The summed E-state index contributed by atoms with van der Waals surface area (Å²) in [5.41, 5.74) is 1.77. The van der Waals surface area contributed by atoms with Crippen molar-refractivity contribution in [2.75, 3.05) is 26.2 Å². The minimum Gasteiger partial charge on any atom is -0.352 e. The summed E-state index contributed by atoms with van der Waals surface area (Å²) in [5, 5.41) is 5.96. The monoisotopic (exact) mass is 366 g/mol. The van der Waals surface area contributed by atoms with E-state index in [1.165, 1.54) is 5.56 Å². The van der Waals surface area contributed by atoms with Crippen molar-refractivity contribution in [3.8, 4) is 0 Å². The van der Waals surface area contributed by atoms with Gasteiger partial charge in [0.25, 0.3) is 5.91 Å². The SMILES string of the molecule is O=C(NCC1CCCN(C(=O)NCCc2ccccc2)C1)c1cccnc1. The van der Waals surface area contributed by atoms with Gasteiger partial charge >= 0.3 is 6.03 Å². The van der Waals surface area contributed by atoms with Crippen molar-refractivity contribution in [2.24, 2.45) is 5.92 Å². The second-order valence-electron chi connectivity index (χ2n) is 6.87. The minimum absolute atomic E-state index is 0.0192. The van der Waals surface area contributed by atoms with Crippen LogP contribution in [0.25, 0.3) is 0 Å². The van der Waals surface area contributed by atoms with E-state index in [2.05, 4.69) is 27.8 Å². The molecule has 2 heterocycles. The zero-order chi connectivity index (χ0) is 18.9. The molecule has 0 bridgehead atoms. The highest BCUT2D eigenvalue weighted by Crippen LogP contribution is 2.16. The number of amides is 3. The molecule has 6 heteroatoms. The Bertz CT molecular complexity index is 736. The maximum absolute atomic E-state index is 12.4. The van der Waals surface area contributed by atoms with E-state index in [1.54, 1.807) is 24.5 Å². The van der Waals surface area contributed by atoms with E-state index in [0.717, 1.165) is 25.8 Å². The van der Waals surface area contributed by atoms with Crippen molar-refractivity contribution in [1.82, 2.24) is 20.5 Å². The second-order valence-corrected chi connectivity index (χ2v) is 6.87. The first-order valence-corrected chi connectivity index (χ1v) is 9.47. The van der Waals surface area contributed by atoms with Crippen LogP contribution in [0.1, 0.15) is 28.8 Å². The smallest absolute Gasteiger partial charge is 0.317 e. The lowest BCUT2D eigenvalue weighted by Gasteiger charge is -2.33. The average molecular weight is 366 g/mol. The number of carbonyl (C=O) groups is 2. The molecule has 2 N–H and O–H groups in total. The Morgan fingerprint density at radius 3 is 2.74 bits per heavy atom.